The molecule has 5 nitrogen and oxygen atoms in total. The van der Waals surface area contributed by atoms with Gasteiger partial charge in [0.1, 0.15) is 23.0 Å². The first kappa shape index (κ1) is 15.8. The summed E-state index contributed by atoms with van der Waals surface area (Å²) in [7, 11) is 0. The smallest absolute Gasteiger partial charge is 0.270 e. The average molecular weight is 306 g/mol. The number of rotatable bonds is 5. The van der Waals surface area contributed by atoms with E-state index in [-0.39, 0.29) is 29.3 Å². The Balaban J connectivity index is 2.20. The van der Waals surface area contributed by atoms with Gasteiger partial charge in [-0.3, -0.25) is 4.79 Å². The van der Waals surface area contributed by atoms with E-state index in [9.17, 15) is 13.6 Å². The van der Waals surface area contributed by atoms with Gasteiger partial charge in [-0.15, -0.1) is 0 Å². The van der Waals surface area contributed by atoms with Crippen molar-refractivity contribution < 1.29 is 13.6 Å². The number of nitrogens with one attached hydrogen (secondary N) is 2. The molecule has 0 fully saturated rings. The molecule has 1 heterocycles. The maximum Gasteiger partial charge on any atom is 0.270 e. The van der Waals surface area contributed by atoms with Crippen molar-refractivity contribution >= 4 is 17.5 Å². The van der Waals surface area contributed by atoms with Crippen molar-refractivity contribution in [2.24, 2.45) is 0 Å². The highest BCUT2D eigenvalue weighted by molar-refractivity contribution is 5.92. The normalized spacial score (nSPS) is 11.8. The minimum Gasteiger partial charge on any atom is -0.348 e. The van der Waals surface area contributed by atoms with Crippen molar-refractivity contribution in [2.45, 2.75) is 26.3 Å². The molecular weight excluding hydrogens is 290 g/mol. The molecule has 0 saturated heterocycles. The van der Waals surface area contributed by atoms with E-state index in [1.165, 1.54) is 18.3 Å². The van der Waals surface area contributed by atoms with Gasteiger partial charge in [-0.1, -0.05) is 13.0 Å². The van der Waals surface area contributed by atoms with Crippen LogP contribution in [0.15, 0.2) is 30.5 Å². The van der Waals surface area contributed by atoms with Crippen molar-refractivity contribution in [1.82, 2.24) is 15.3 Å². The first-order valence-corrected chi connectivity index (χ1v) is 6.86. The van der Waals surface area contributed by atoms with Gasteiger partial charge < -0.3 is 10.6 Å². The van der Waals surface area contributed by atoms with Gasteiger partial charge in [0.25, 0.3) is 5.91 Å². The van der Waals surface area contributed by atoms with Gasteiger partial charge in [-0.05, 0) is 31.5 Å². The maximum atomic E-state index is 13.6. The van der Waals surface area contributed by atoms with Gasteiger partial charge in [0, 0.05) is 12.2 Å². The molecule has 2 N–H and O–H groups in total. The Hall–Kier alpha value is -2.57. The van der Waals surface area contributed by atoms with E-state index in [0.29, 0.717) is 0 Å². The Kier molecular flexibility index (Phi) is 4.98. The van der Waals surface area contributed by atoms with Crippen LogP contribution in [0, 0.1) is 11.6 Å². The Labute approximate surface area is 126 Å². The molecule has 0 aliphatic rings. The van der Waals surface area contributed by atoms with E-state index in [1.54, 1.807) is 0 Å². The Morgan fingerprint density at radius 1 is 1.27 bits per heavy atom. The monoisotopic (exact) mass is 306 g/mol. The topological polar surface area (TPSA) is 66.9 Å². The van der Waals surface area contributed by atoms with Gasteiger partial charge in [-0.25, -0.2) is 18.7 Å². The minimum absolute atomic E-state index is 0.00267. The number of amides is 1. The summed E-state index contributed by atoms with van der Waals surface area (Å²) in [5.74, 6) is -1.95. The summed E-state index contributed by atoms with van der Waals surface area (Å²) in [5.41, 5.74) is -0.239. The first-order valence-electron chi connectivity index (χ1n) is 6.86. The predicted molar refractivity (Wildman–Crippen MR) is 78.9 cm³/mol. The highest BCUT2D eigenvalue weighted by Crippen LogP contribution is 2.21. The third-order valence-corrected chi connectivity index (χ3v) is 3.08. The van der Waals surface area contributed by atoms with Crippen LogP contribution < -0.4 is 10.6 Å². The molecule has 0 spiro atoms. The highest BCUT2D eigenvalue weighted by atomic mass is 19.1. The zero-order valence-corrected chi connectivity index (χ0v) is 12.2. The number of aromatic nitrogens is 2. The lowest BCUT2D eigenvalue weighted by Crippen LogP contribution is -2.32. The largest absolute Gasteiger partial charge is 0.348 e. The van der Waals surface area contributed by atoms with Gasteiger partial charge >= 0.3 is 0 Å². The zero-order valence-electron chi connectivity index (χ0n) is 12.2. The highest BCUT2D eigenvalue weighted by Gasteiger charge is 2.13. The Morgan fingerprint density at radius 3 is 2.59 bits per heavy atom. The fourth-order valence-electron chi connectivity index (χ4n) is 1.67. The van der Waals surface area contributed by atoms with Crippen molar-refractivity contribution in [3.8, 4) is 0 Å². The van der Waals surface area contributed by atoms with Gasteiger partial charge in [-0.2, -0.15) is 0 Å². The predicted octanol–water partition coefficient (Wildman–Crippen LogP) is 3.03. The number of nitrogens with zero attached hydrogens (tertiary/aromatic N) is 2. The molecular formula is C15H16F2N4O. The maximum absolute atomic E-state index is 13.6. The average Bonchev–Trinajstić information content (AvgIpc) is 2.51. The molecule has 0 bridgehead atoms. The van der Waals surface area contributed by atoms with E-state index < -0.39 is 11.6 Å². The molecule has 2 aromatic rings. The van der Waals surface area contributed by atoms with Crippen LogP contribution in [0.2, 0.25) is 0 Å². The standard InChI is InChI=1S/C15H16F2N4O/c1-3-9(2)19-14(22)12-7-8-18-15(20-12)21-13-10(16)5-4-6-11(13)17/h4-9H,3H2,1-2H3,(H,19,22)(H,18,20,21). The van der Waals surface area contributed by atoms with Crippen LogP contribution in [0.25, 0.3) is 0 Å². The molecule has 0 aliphatic carbocycles. The van der Waals surface area contributed by atoms with Crippen LogP contribution >= 0.6 is 0 Å². The Bertz CT molecular complexity index is 658. The van der Waals surface area contributed by atoms with E-state index in [4.69, 9.17) is 0 Å². The molecule has 1 aromatic carbocycles. The van der Waals surface area contributed by atoms with Gasteiger partial charge in [0.15, 0.2) is 0 Å². The third-order valence-electron chi connectivity index (χ3n) is 3.08. The number of hydrogen-bond acceptors (Lipinski definition) is 4. The molecule has 1 aromatic heterocycles. The SMILES string of the molecule is CCC(C)NC(=O)c1ccnc(Nc2c(F)cccc2F)n1. The van der Waals surface area contributed by atoms with Crippen molar-refractivity contribution in [1.29, 1.82) is 0 Å². The van der Waals surface area contributed by atoms with Gasteiger partial charge in [0.2, 0.25) is 5.95 Å². The second kappa shape index (κ2) is 6.93. The van der Waals surface area contributed by atoms with Gasteiger partial charge in [0.05, 0.1) is 0 Å². The minimum atomic E-state index is -0.766. The number of para-hydroxylation sites is 1. The first-order chi connectivity index (χ1) is 10.5. The van der Waals surface area contributed by atoms with E-state index in [1.807, 2.05) is 13.8 Å². The lowest BCUT2D eigenvalue weighted by Gasteiger charge is -2.11. The summed E-state index contributed by atoms with van der Waals surface area (Å²) in [4.78, 5) is 19.8. The summed E-state index contributed by atoms with van der Waals surface area (Å²) < 4.78 is 27.2. The van der Waals surface area contributed by atoms with Crippen LogP contribution in [0.4, 0.5) is 20.4 Å². The third kappa shape index (κ3) is 3.75. The van der Waals surface area contributed by atoms with E-state index >= 15 is 0 Å². The fourth-order valence-corrected chi connectivity index (χ4v) is 1.67. The van der Waals surface area contributed by atoms with Crippen LogP contribution in [-0.2, 0) is 0 Å². The van der Waals surface area contributed by atoms with Crippen LogP contribution in [0.5, 0.6) is 0 Å². The molecule has 22 heavy (non-hydrogen) atoms. The number of anilines is 2. The lowest BCUT2D eigenvalue weighted by atomic mass is 10.2. The zero-order chi connectivity index (χ0) is 16.1. The molecule has 1 unspecified atom stereocenters. The van der Waals surface area contributed by atoms with Crippen LogP contribution in [0.1, 0.15) is 30.8 Å². The molecule has 2 rings (SSSR count). The summed E-state index contributed by atoms with van der Waals surface area (Å²) in [6, 6.07) is 4.92. The number of benzene rings is 1. The summed E-state index contributed by atoms with van der Waals surface area (Å²) >= 11 is 0. The molecule has 1 amide bonds. The second-order valence-electron chi connectivity index (χ2n) is 4.77. The summed E-state index contributed by atoms with van der Waals surface area (Å²) in [6.07, 6.45) is 2.13. The molecule has 0 aliphatic heterocycles. The van der Waals surface area contributed by atoms with Crippen LogP contribution in [0.3, 0.4) is 0 Å². The molecule has 0 saturated carbocycles. The molecule has 1 atom stereocenters. The number of hydrogen-bond donors (Lipinski definition) is 2. The number of carbonyl (C=O) groups is 1. The molecule has 7 heteroatoms. The van der Waals surface area contributed by atoms with Crippen molar-refractivity contribution in [3.05, 3.63) is 47.8 Å². The Morgan fingerprint density at radius 2 is 1.95 bits per heavy atom. The number of halogens is 2. The van der Waals surface area contributed by atoms with Crippen LogP contribution in [-0.4, -0.2) is 21.9 Å². The number of carbonyl (C=O) groups excluding carboxylic acids is 1. The molecule has 116 valence electrons. The summed E-state index contributed by atoms with van der Waals surface area (Å²) in [6.45, 7) is 3.81. The second-order valence-corrected chi connectivity index (χ2v) is 4.77. The van der Waals surface area contributed by atoms with Crippen molar-refractivity contribution in [2.75, 3.05) is 5.32 Å². The quantitative estimate of drug-likeness (QED) is 0.891. The van der Waals surface area contributed by atoms with Crippen molar-refractivity contribution in [3.63, 3.8) is 0 Å². The van der Waals surface area contributed by atoms with E-state index in [2.05, 4.69) is 20.6 Å². The fraction of sp³-hybridized carbons (Fsp3) is 0.267. The molecule has 0 radical (unpaired) electrons. The van der Waals surface area contributed by atoms with E-state index in [0.717, 1.165) is 18.6 Å². The summed E-state index contributed by atoms with van der Waals surface area (Å²) in [5, 5.41) is 5.21. The lowest BCUT2D eigenvalue weighted by molar-refractivity contribution is 0.0934.